The summed E-state index contributed by atoms with van der Waals surface area (Å²) in [4.78, 5) is 19.8. The molecule has 5 heteroatoms. The second-order valence-corrected chi connectivity index (χ2v) is 8.11. The van der Waals surface area contributed by atoms with E-state index in [1.165, 1.54) is 32.1 Å². The van der Waals surface area contributed by atoms with E-state index in [2.05, 4.69) is 28.3 Å². The number of nitrogens with zero attached hydrogens (tertiary/aromatic N) is 2. The molecule has 5 nitrogen and oxygen atoms in total. The number of hydrogen-bond donors (Lipinski definition) is 1. The molecule has 1 N–H and O–H groups in total. The standard InChI is InChI=1S/C25H29N3O2/c1-18-23(27-25(30-18)19-11-5-3-6-12-19)24(29)26-22-16-10-9-13-20(22)17-28(2)21-14-7-4-8-15-21/h3,5-6,9-13,16,21H,4,7-8,14-15,17H2,1-2H3,(H,26,29). The average Bonchev–Trinajstić information content (AvgIpc) is 3.18. The van der Waals surface area contributed by atoms with Crippen molar-refractivity contribution in [3.05, 3.63) is 71.6 Å². The van der Waals surface area contributed by atoms with Crippen molar-refractivity contribution in [1.29, 1.82) is 0 Å². The lowest BCUT2D eigenvalue weighted by Crippen LogP contribution is -2.33. The predicted octanol–water partition coefficient (Wildman–Crippen LogP) is 5.67. The molecule has 1 aliphatic rings. The molecule has 1 amide bonds. The fourth-order valence-corrected chi connectivity index (χ4v) is 4.19. The van der Waals surface area contributed by atoms with Gasteiger partial charge in [0.2, 0.25) is 5.89 Å². The molecule has 156 valence electrons. The van der Waals surface area contributed by atoms with Gasteiger partial charge in [0, 0.05) is 23.8 Å². The monoisotopic (exact) mass is 403 g/mol. The molecule has 4 rings (SSSR count). The van der Waals surface area contributed by atoms with Crippen molar-refractivity contribution in [2.75, 3.05) is 12.4 Å². The molecule has 0 unspecified atom stereocenters. The lowest BCUT2D eigenvalue weighted by molar-refractivity contribution is 0.102. The quantitative estimate of drug-likeness (QED) is 0.576. The Morgan fingerprint density at radius 3 is 2.53 bits per heavy atom. The molecule has 0 aliphatic heterocycles. The fraction of sp³-hybridized carbons (Fsp3) is 0.360. The summed E-state index contributed by atoms with van der Waals surface area (Å²) in [7, 11) is 2.18. The van der Waals surface area contributed by atoms with Gasteiger partial charge in [-0.2, -0.15) is 0 Å². The van der Waals surface area contributed by atoms with Crippen LogP contribution in [0.1, 0.15) is 53.9 Å². The Morgan fingerprint density at radius 1 is 1.07 bits per heavy atom. The summed E-state index contributed by atoms with van der Waals surface area (Å²) in [6.45, 7) is 2.59. The van der Waals surface area contributed by atoms with Gasteiger partial charge in [-0.1, -0.05) is 55.7 Å². The van der Waals surface area contributed by atoms with Gasteiger partial charge in [0.1, 0.15) is 5.76 Å². The summed E-state index contributed by atoms with van der Waals surface area (Å²) in [5, 5.41) is 3.05. The minimum Gasteiger partial charge on any atom is -0.441 e. The number of aryl methyl sites for hydroxylation is 1. The van der Waals surface area contributed by atoms with Crippen LogP contribution in [0, 0.1) is 6.92 Å². The van der Waals surface area contributed by atoms with E-state index in [1.54, 1.807) is 6.92 Å². The van der Waals surface area contributed by atoms with Crippen LogP contribution in [0.15, 0.2) is 59.0 Å². The highest BCUT2D eigenvalue weighted by Gasteiger charge is 2.21. The predicted molar refractivity (Wildman–Crippen MR) is 119 cm³/mol. The number of anilines is 1. The van der Waals surface area contributed by atoms with E-state index >= 15 is 0 Å². The van der Waals surface area contributed by atoms with Gasteiger partial charge in [-0.25, -0.2) is 4.98 Å². The zero-order chi connectivity index (χ0) is 20.9. The lowest BCUT2D eigenvalue weighted by Gasteiger charge is -2.31. The maximum absolute atomic E-state index is 13.0. The van der Waals surface area contributed by atoms with Gasteiger partial charge in [-0.15, -0.1) is 0 Å². The summed E-state index contributed by atoms with van der Waals surface area (Å²) in [6, 6.07) is 18.3. The number of carbonyl (C=O) groups is 1. The van der Waals surface area contributed by atoms with Gasteiger partial charge < -0.3 is 9.73 Å². The number of nitrogens with one attached hydrogen (secondary N) is 1. The highest BCUT2D eigenvalue weighted by molar-refractivity contribution is 6.04. The smallest absolute Gasteiger partial charge is 0.277 e. The van der Waals surface area contributed by atoms with Crippen molar-refractivity contribution >= 4 is 11.6 Å². The first-order chi connectivity index (χ1) is 14.6. The molecule has 0 radical (unpaired) electrons. The SMILES string of the molecule is Cc1oc(-c2ccccc2)nc1C(=O)Nc1ccccc1CN(C)C1CCCCC1. The molecular formula is C25H29N3O2. The van der Waals surface area contributed by atoms with Gasteiger partial charge in [0.05, 0.1) is 0 Å². The largest absolute Gasteiger partial charge is 0.441 e. The Hall–Kier alpha value is -2.92. The Kier molecular flexibility index (Phi) is 6.29. The highest BCUT2D eigenvalue weighted by Crippen LogP contribution is 2.26. The molecule has 30 heavy (non-hydrogen) atoms. The molecule has 2 aromatic carbocycles. The normalized spacial score (nSPS) is 14.8. The van der Waals surface area contributed by atoms with Gasteiger partial charge in [0.15, 0.2) is 5.69 Å². The van der Waals surface area contributed by atoms with Crippen LogP contribution >= 0.6 is 0 Å². The third kappa shape index (κ3) is 4.62. The van der Waals surface area contributed by atoms with Crippen LogP contribution in [0.4, 0.5) is 5.69 Å². The number of carbonyl (C=O) groups excluding carboxylic acids is 1. The van der Waals surface area contributed by atoms with E-state index < -0.39 is 0 Å². The molecule has 1 heterocycles. The first kappa shape index (κ1) is 20.4. The van der Waals surface area contributed by atoms with Crippen molar-refractivity contribution in [3.63, 3.8) is 0 Å². The van der Waals surface area contributed by atoms with Crippen LogP contribution in [0.3, 0.4) is 0 Å². The second kappa shape index (κ2) is 9.26. The van der Waals surface area contributed by atoms with Crippen LogP contribution in [-0.4, -0.2) is 28.9 Å². The third-order valence-electron chi connectivity index (χ3n) is 5.92. The number of benzene rings is 2. The van der Waals surface area contributed by atoms with Gasteiger partial charge in [-0.05, 0) is 50.6 Å². The molecule has 0 saturated heterocycles. The van der Waals surface area contributed by atoms with Crippen molar-refractivity contribution < 1.29 is 9.21 Å². The Labute approximate surface area is 178 Å². The first-order valence-electron chi connectivity index (χ1n) is 10.7. The summed E-state index contributed by atoms with van der Waals surface area (Å²) in [5.74, 6) is 0.734. The third-order valence-corrected chi connectivity index (χ3v) is 5.92. The van der Waals surface area contributed by atoms with Gasteiger partial charge in [-0.3, -0.25) is 9.69 Å². The van der Waals surface area contributed by atoms with Crippen LogP contribution in [-0.2, 0) is 6.54 Å². The zero-order valence-corrected chi connectivity index (χ0v) is 17.7. The summed E-state index contributed by atoms with van der Waals surface area (Å²) in [6.07, 6.45) is 6.47. The number of para-hydroxylation sites is 1. The molecular weight excluding hydrogens is 374 g/mol. The van der Waals surface area contributed by atoms with E-state index in [4.69, 9.17) is 4.42 Å². The Bertz CT molecular complexity index is 991. The molecule has 1 saturated carbocycles. The van der Waals surface area contributed by atoms with E-state index in [0.29, 0.717) is 23.4 Å². The first-order valence-corrected chi connectivity index (χ1v) is 10.7. The topological polar surface area (TPSA) is 58.4 Å². The summed E-state index contributed by atoms with van der Waals surface area (Å²) < 4.78 is 5.75. The average molecular weight is 404 g/mol. The Balaban J connectivity index is 1.49. The fourth-order valence-electron chi connectivity index (χ4n) is 4.19. The van der Waals surface area contributed by atoms with Gasteiger partial charge >= 0.3 is 0 Å². The van der Waals surface area contributed by atoms with Crippen LogP contribution in [0.25, 0.3) is 11.5 Å². The minimum absolute atomic E-state index is 0.244. The lowest BCUT2D eigenvalue weighted by atomic mass is 9.94. The number of amides is 1. The number of rotatable bonds is 6. The van der Waals surface area contributed by atoms with Crippen molar-refractivity contribution in [3.8, 4) is 11.5 Å². The van der Waals surface area contributed by atoms with Crippen LogP contribution in [0.5, 0.6) is 0 Å². The minimum atomic E-state index is -0.244. The highest BCUT2D eigenvalue weighted by atomic mass is 16.4. The molecule has 0 atom stereocenters. The summed E-state index contributed by atoms with van der Waals surface area (Å²) >= 11 is 0. The zero-order valence-electron chi connectivity index (χ0n) is 17.7. The molecule has 0 bridgehead atoms. The van der Waals surface area contributed by atoms with Crippen LogP contribution in [0.2, 0.25) is 0 Å². The summed E-state index contributed by atoms with van der Waals surface area (Å²) in [5.41, 5.74) is 3.12. The van der Waals surface area contributed by atoms with Crippen molar-refractivity contribution in [1.82, 2.24) is 9.88 Å². The van der Waals surface area contributed by atoms with Crippen LogP contribution < -0.4 is 5.32 Å². The second-order valence-electron chi connectivity index (χ2n) is 8.11. The molecule has 1 fully saturated rings. The van der Waals surface area contributed by atoms with E-state index in [9.17, 15) is 4.79 Å². The Morgan fingerprint density at radius 2 is 1.77 bits per heavy atom. The van der Waals surface area contributed by atoms with Crippen molar-refractivity contribution in [2.45, 2.75) is 51.6 Å². The maximum atomic E-state index is 13.0. The maximum Gasteiger partial charge on any atom is 0.277 e. The van der Waals surface area contributed by atoms with E-state index in [1.807, 2.05) is 48.5 Å². The molecule has 1 aliphatic carbocycles. The molecule has 1 aromatic heterocycles. The molecule has 3 aromatic rings. The van der Waals surface area contributed by atoms with E-state index in [-0.39, 0.29) is 5.91 Å². The van der Waals surface area contributed by atoms with Gasteiger partial charge in [0.25, 0.3) is 5.91 Å². The number of aromatic nitrogens is 1. The van der Waals surface area contributed by atoms with Crippen molar-refractivity contribution in [2.24, 2.45) is 0 Å². The number of oxazole rings is 1. The van der Waals surface area contributed by atoms with E-state index in [0.717, 1.165) is 23.4 Å². The number of hydrogen-bond acceptors (Lipinski definition) is 4. The molecule has 0 spiro atoms.